The van der Waals surface area contributed by atoms with Gasteiger partial charge in [0.25, 0.3) is 0 Å². The summed E-state index contributed by atoms with van der Waals surface area (Å²) in [5.74, 6) is -0.485. The monoisotopic (exact) mass is 311 g/mol. The summed E-state index contributed by atoms with van der Waals surface area (Å²) in [6, 6.07) is 6.02. The van der Waals surface area contributed by atoms with Gasteiger partial charge < -0.3 is 9.84 Å². The molecule has 0 spiro atoms. The highest BCUT2D eigenvalue weighted by Crippen LogP contribution is 2.21. The standard InChI is InChI=1S/C14H17NO5S/c16-14(17)8-11-20-12-4-6-13(7-5-12)21(18,19)15-9-2-1-3-10-15/h1-2,4-7H,3,8-11H2,(H,16,17). The summed E-state index contributed by atoms with van der Waals surface area (Å²) >= 11 is 0. The molecular weight excluding hydrogens is 294 g/mol. The fraction of sp³-hybridized carbons (Fsp3) is 0.357. The maximum absolute atomic E-state index is 12.4. The van der Waals surface area contributed by atoms with Gasteiger partial charge in [-0.25, -0.2) is 8.42 Å². The molecule has 0 aromatic heterocycles. The summed E-state index contributed by atoms with van der Waals surface area (Å²) in [5.41, 5.74) is 0. The number of sulfonamides is 1. The van der Waals surface area contributed by atoms with E-state index in [1.807, 2.05) is 12.2 Å². The van der Waals surface area contributed by atoms with E-state index in [2.05, 4.69) is 0 Å². The van der Waals surface area contributed by atoms with Gasteiger partial charge in [-0.05, 0) is 30.7 Å². The lowest BCUT2D eigenvalue weighted by molar-refractivity contribution is -0.137. The predicted molar refractivity (Wildman–Crippen MR) is 76.7 cm³/mol. The highest BCUT2D eigenvalue weighted by Gasteiger charge is 2.24. The molecule has 0 fully saturated rings. The zero-order valence-corrected chi connectivity index (χ0v) is 12.3. The topological polar surface area (TPSA) is 83.9 Å². The Morgan fingerprint density at radius 3 is 2.52 bits per heavy atom. The van der Waals surface area contributed by atoms with E-state index in [4.69, 9.17) is 9.84 Å². The van der Waals surface area contributed by atoms with Crippen LogP contribution in [-0.4, -0.2) is 43.5 Å². The van der Waals surface area contributed by atoms with E-state index in [0.29, 0.717) is 18.8 Å². The van der Waals surface area contributed by atoms with Gasteiger partial charge in [0.05, 0.1) is 17.9 Å². The van der Waals surface area contributed by atoms with Gasteiger partial charge in [-0.3, -0.25) is 4.79 Å². The molecule has 1 aliphatic rings. The van der Waals surface area contributed by atoms with Gasteiger partial charge in [0.2, 0.25) is 10.0 Å². The highest BCUT2D eigenvalue weighted by molar-refractivity contribution is 7.89. The molecular formula is C14H17NO5S. The van der Waals surface area contributed by atoms with Gasteiger partial charge in [-0.2, -0.15) is 4.31 Å². The van der Waals surface area contributed by atoms with Crippen LogP contribution in [0, 0.1) is 0 Å². The van der Waals surface area contributed by atoms with E-state index in [0.717, 1.165) is 6.42 Å². The minimum atomic E-state index is -3.48. The Morgan fingerprint density at radius 1 is 1.24 bits per heavy atom. The summed E-state index contributed by atoms with van der Waals surface area (Å²) in [6.45, 7) is 0.924. The molecule has 114 valence electrons. The predicted octanol–water partition coefficient (Wildman–Crippen LogP) is 1.49. The highest BCUT2D eigenvalue weighted by atomic mass is 32.2. The fourth-order valence-electron chi connectivity index (χ4n) is 1.95. The van der Waals surface area contributed by atoms with Gasteiger partial charge in [0.15, 0.2) is 0 Å². The third kappa shape index (κ3) is 4.05. The van der Waals surface area contributed by atoms with E-state index in [-0.39, 0.29) is 17.9 Å². The van der Waals surface area contributed by atoms with E-state index in [1.54, 1.807) is 0 Å². The zero-order chi connectivity index (χ0) is 15.3. The Hall–Kier alpha value is -1.86. The molecule has 0 bridgehead atoms. The molecule has 1 aromatic rings. The Balaban J connectivity index is 2.04. The van der Waals surface area contributed by atoms with Crippen LogP contribution in [0.2, 0.25) is 0 Å². The normalized spacial score (nSPS) is 15.8. The number of carbonyl (C=O) groups is 1. The van der Waals surface area contributed by atoms with Crippen LogP contribution in [0.5, 0.6) is 5.75 Å². The minimum absolute atomic E-state index is 0.0539. The molecule has 6 nitrogen and oxygen atoms in total. The lowest BCUT2D eigenvalue weighted by Crippen LogP contribution is -2.33. The van der Waals surface area contributed by atoms with Crippen molar-refractivity contribution < 1.29 is 23.1 Å². The van der Waals surface area contributed by atoms with Crippen molar-refractivity contribution in [2.75, 3.05) is 19.7 Å². The number of hydrogen-bond acceptors (Lipinski definition) is 4. The first-order chi connectivity index (χ1) is 10.00. The molecule has 2 rings (SSSR count). The maximum Gasteiger partial charge on any atom is 0.306 e. The van der Waals surface area contributed by atoms with E-state index in [9.17, 15) is 13.2 Å². The van der Waals surface area contributed by atoms with Gasteiger partial charge in [0.1, 0.15) is 5.75 Å². The molecule has 0 unspecified atom stereocenters. The minimum Gasteiger partial charge on any atom is -0.493 e. The van der Waals surface area contributed by atoms with Crippen molar-refractivity contribution in [2.45, 2.75) is 17.7 Å². The van der Waals surface area contributed by atoms with Gasteiger partial charge in [0, 0.05) is 13.1 Å². The summed E-state index contributed by atoms with van der Waals surface area (Å²) < 4.78 is 31.4. The zero-order valence-electron chi connectivity index (χ0n) is 11.4. The van der Waals surface area contributed by atoms with Crippen LogP contribution < -0.4 is 4.74 Å². The first-order valence-corrected chi connectivity index (χ1v) is 8.04. The van der Waals surface area contributed by atoms with Crippen molar-refractivity contribution in [1.82, 2.24) is 4.31 Å². The molecule has 1 heterocycles. The van der Waals surface area contributed by atoms with Crippen molar-refractivity contribution in [2.24, 2.45) is 0 Å². The van der Waals surface area contributed by atoms with Crippen LogP contribution in [0.15, 0.2) is 41.3 Å². The second kappa shape index (κ2) is 6.73. The Bertz CT molecular complexity index is 621. The number of aliphatic carboxylic acids is 1. The van der Waals surface area contributed by atoms with Crippen LogP contribution >= 0.6 is 0 Å². The van der Waals surface area contributed by atoms with E-state index >= 15 is 0 Å². The molecule has 0 amide bonds. The van der Waals surface area contributed by atoms with E-state index in [1.165, 1.54) is 28.6 Å². The number of carboxylic acids is 1. The average Bonchev–Trinajstić information content (AvgIpc) is 2.48. The largest absolute Gasteiger partial charge is 0.493 e. The van der Waals surface area contributed by atoms with Gasteiger partial charge in [-0.1, -0.05) is 12.2 Å². The third-order valence-electron chi connectivity index (χ3n) is 3.07. The fourth-order valence-corrected chi connectivity index (χ4v) is 3.36. The number of ether oxygens (including phenoxy) is 1. The van der Waals surface area contributed by atoms with Crippen LogP contribution in [-0.2, 0) is 14.8 Å². The molecule has 0 aliphatic carbocycles. The summed E-state index contributed by atoms with van der Waals surface area (Å²) in [6.07, 6.45) is 4.42. The molecule has 1 aliphatic heterocycles. The summed E-state index contributed by atoms with van der Waals surface area (Å²) in [5, 5.41) is 8.52. The summed E-state index contributed by atoms with van der Waals surface area (Å²) in [7, 11) is -3.48. The molecule has 0 radical (unpaired) electrons. The number of benzene rings is 1. The Kier molecular flexibility index (Phi) is 4.98. The van der Waals surface area contributed by atoms with Crippen molar-refractivity contribution >= 4 is 16.0 Å². The van der Waals surface area contributed by atoms with Gasteiger partial charge in [-0.15, -0.1) is 0 Å². The maximum atomic E-state index is 12.4. The molecule has 0 atom stereocenters. The molecule has 0 saturated carbocycles. The molecule has 21 heavy (non-hydrogen) atoms. The lowest BCUT2D eigenvalue weighted by Gasteiger charge is -2.22. The SMILES string of the molecule is O=C(O)CCOc1ccc(S(=O)(=O)N2CC=CCC2)cc1. The van der Waals surface area contributed by atoms with Crippen LogP contribution in [0.4, 0.5) is 0 Å². The van der Waals surface area contributed by atoms with Crippen LogP contribution in [0.3, 0.4) is 0 Å². The second-order valence-corrected chi connectivity index (χ2v) is 6.52. The van der Waals surface area contributed by atoms with Crippen LogP contribution in [0.1, 0.15) is 12.8 Å². The number of rotatable bonds is 6. The summed E-state index contributed by atoms with van der Waals surface area (Å²) in [4.78, 5) is 10.6. The lowest BCUT2D eigenvalue weighted by atomic mass is 10.3. The van der Waals surface area contributed by atoms with Gasteiger partial charge >= 0.3 is 5.97 Å². The number of hydrogen-bond donors (Lipinski definition) is 1. The first-order valence-electron chi connectivity index (χ1n) is 6.60. The van der Waals surface area contributed by atoms with Crippen molar-refractivity contribution in [1.29, 1.82) is 0 Å². The van der Waals surface area contributed by atoms with Crippen molar-refractivity contribution in [3.05, 3.63) is 36.4 Å². The second-order valence-electron chi connectivity index (χ2n) is 4.59. The molecule has 7 heteroatoms. The molecule has 1 N–H and O–H groups in total. The molecule has 0 saturated heterocycles. The molecule has 1 aromatic carbocycles. The van der Waals surface area contributed by atoms with E-state index < -0.39 is 16.0 Å². The Labute approximate surface area is 123 Å². The third-order valence-corrected chi connectivity index (χ3v) is 4.95. The first kappa shape index (κ1) is 15.5. The number of carboxylic acid groups (broad SMARTS) is 1. The Morgan fingerprint density at radius 2 is 1.95 bits per heavy atom. The van der Waals surface area contributed by atoms with Crippen molar-refractivity contribution in [3.8, 4) is 5.75 Å². The number of nitrogens with zero attached hydrogens (tertiary/aromatic N) is 1. The quantitative estimate of drug-likeness (QED) is 0.805. The average molecular weight is 311 g/mol. The van der Waals surface area contributed by atoms with Crippen LogP contribution in [0.25, 0.3) is 0 Å². The van der Waals surface area contributed by atoms with Crippen molar-refractivity contribution in [3.63, 3.8) is 0 Å². The smallest absolute Gasteiger partial charge is 0.306 e.